The summed E-state index contributed by atoms with van der Waals surface area (Å²) in [6.07, 6.45) is 0. The van der Waals surface area contributed by atoms with Crippen LogP contribution in [0.5, 0.6) is 0 Å². The van der Waals surface area contributed by atoms with Crippen molar-refractivity contribution in [2.75, 3.05) is 7.11 Å². The minimum absolute atomic E-state index is 0.115. The Labute approximate surface area is 94.2 Å². The van der Waals surface area contributed by atoms with Crippen LogP contribution < -0.4 is 5.73 Å². The molecule has 0 bridgehead atoms. The number of hydrogen-bond donors (Lipinski definition) is 1. The lowest BCUT2D eigenvalue weighted by Crippen LogP contribution is -2.36. The number of esters is 1. The molecule has 3 nitrogen and oxygen atoms in total. The highest BCUT2D eigenvalue weighted by atomic mass is 35.5. The van der Waals surface area contributed by atoms with Crippen molar-refractivity contribution in [2.45, 2.75) is 18.9 Å². The van der Waals surface area contributed by atoms with E-state index in [1.54, 1.807) is 12.1 Å². The van der Waals surface area contributed by atoms with Gasteiger partial charge in [-0.15, -0.1) is 0 Å². The first kappa shape index (κ1) is 12.0. The Kier molecular flexibility index (Phi) is 4.12. The van der Waals surface area contributed by atoms with E-state index in [2.05, 4.69) is 4.74 Å². The monoisotopic (exact) mass is 227 g/mol. The number of rotatable bonds is 3. The molecule has 82 valence electrons. The standard InChI is InChI=1S/C11H14ClNO2/c1-7(10(13)11(14)15-2)8-4-3-5-9(12)6-8/h3-7,10H,13H2,1-2H3/t7-,10?/m1/s1. The third-order valence-electron chi connectivity index (χ3n) is 2.39. The van der Waals surface area contributed by atoms with Gasteiger partial charge in [-0.25, -0.2) is 0 Å². The van der Waals surface area contributed by atoms with E-state index < -0.39 is 12.0 Å². The molecule has 0 aliphatic rings. The Bertz CT molecular complexity index is 354. The van der Waals surface area contributed by atoms with E-state index in [9.17, 15) is 4.79 Å². The van der Waals surface area contributed by atoms with Crippen molar-refractivity contribution >= 4 is 17.6 Å². The lowest BCUT2D eigenvalue weighted by Gasteiger charge is -2.17. The second kappa shape index (κ2) is 5.14. The molecule has 2 N–H and O–H groups in total. The SMILES string of the molecule is COC(=O)C(N)[C@H](C)c1cccc(Cl)c1. The van der Waals surface area contributed by atoms with Gasteiger partial charge in [0, 0.05) is 10.9 Å². The highest BCUT2D eigenvalue weighted by Crippen LogP contribution is 2.21. The average Bonchev–Trinajstić information content (AvgIpc) is 2.26. The number of benzene rings is 1. The van der Waals surface area contributed by atoms with E-state index in [0.29, 0.717) is 5.02 Å². The number of carbonyl (C=O) groups excluding carboxylic acids is 1. The molecule has 2 atom stereocenters. The Morgan fingerprint density at radius 3 is 2.73 bits per heavy atom. The molecule has 1 aromatic rings. The van der Waals surface area contributed by atoms with Crippen LogP contribution in [0.3, 0.4) is 0 Å². The first-order valence-corrected chi connectivity index (χ1v) is 5.03. The molecule has 1 unspecified atom stereocenters. The second-order valence-corrected chi connectivity index (χ2v) is 3.83. The smallest absolute Gasteiger partial charge is 0.323 e. The predicted molar refractivity (Wildman–Crippen MR) is 59.9 cm³/mol. The Morgan fingerprint density at radius 1 is 1.53 bits per heavy atom. The van der Waals surface area contributed by atoms with Gasteiger partial charge in [0.25, 0.3) is 0 Å². The summed E-state index contributed by atoms with van der Waals surface area (Å²) < 4.78 is 4.59. The number of carbonyl (C=O) groups is 1. The van der Waals surface area contributed by atoms with Crippen LogP contribution >= 0.6 is 11.6 Å². The van der Waals surface area contributed by atoms with E-state index >= 15 is 0 Å². The zero-order valence-corrected chi connectivity index (χ0v) is 9.49. The third kappa shape index (κ3) is 2.94. The van der Waals surface area contributed by atoms with E-state index in [-0.39, 0.29) is 5.92 Å². The minimum atomic E-state index is -0.659. The van der Waals surface area contributed by atoms with Crippen molar-refractivity contribution in [3.63, 3.8) is 0 Å². The van der Waals surface area contributed by atoms with Gasteiger partial charge in [0.2, 0.25) is 0 Å². The zero-order valence-electron chi connectivity index (χ0n) is 8.74. The maximum absolute atomic E-state index is 11.2. The molecule has 0 heterocycles. The van der Waals surface area contributed by atoms with Gasteiger partial charge < -0.3 is 10.5 Å². The fourth-order valence-corrected chi connectivity index (χ4v) is 1.54. The van der Waals surface area contributed by atoms with E-state index in [1.807, 2.05) is 19.1 Å². The number of nitrogens with two attached hydrogens (primary N) is 1. The Morgan fingerprint density at radius 2 is 2.20 bits per heavy atom. The fourth-order valence-electron chi connectivity index (χ4n) is 1.34. The third-order valence-corrected chi connectivity index (χ3v) is 2.62. The summed E-state index contributed by atoms with van der Waals surface area (Å²) in [5.41, 5.74) is 6.67. The van der Waals surface area contributed by atoms with E-state index in [1.165, 1.54) is 7.11 Å². The largest absolute Gasteiger partial charge is 0.468 e. The fraction of sp³-hybridized carbons (Fsp3) is 0.364. The number of ether oxygens (including phenoxy) is 1. The molecule has 0 aliphatic heterocycles. The molecule has 1 aromatic carbocycles. The van der Waals surface area contributed by atoms with Crippen molar-refractivity contribution in [3.8, 4) is 0 Å². The van der Waals surface area contributed by atoms with Crippen LogP contribution in [-0.2, 0) is 9.53 Å². The molecule has 0 saturated heterocycles. The molecule has 15 heavy (non-hydrogen) atoms. The molecule has 0 spiro atoms. The topological polar surface area (TPSA) is 52.3 Å². The summed E-state index contributed by atoms with van der Waals surface area (Å²) in [5, 5.41) is 0.636. The van der Waals surface area contributed by atoms with Crippen molar-refractivity contribution in [1.82, 2.24) is 0 Å². The molecule has 1 rings (SSSR count). The minimum Gasteiger partial charge on any atom is -0.468 e. The second-order valence-electron chi connectivity index (χ2n) is 3.39. The molecule has 0 saturated carbocycles. The van der Waals surface area contributed by atoms with Gasteiger partial charge in [0.15, 0.2) is 0 Å². The summed E-state index contributed by atoms with van der Waals surface area (Å²) in [6, 6.07) is 6.64. The van der Waals surface area contributed by atoms with Crippen molar-refractivity contribution in [3.05, 3.63) is 34.9 Å². The van der Waals surface area contributed by atoms with Crippen LogP contribution in [0.2, 0.25) is 5.02 Å². The number of hydrogen-bond acceptors (Lipinski definition) is 3. The summed E-state index contributed by atoms with van der Waals surface area (Å²) in [6.45, 7) is 1.87. The van der Waals surface area contributed by atoms with Crippen LogP contribution in [0.4, 0.5) is 0 Å². The molecule has 0 fully saturated rings. The van der Waals surface area contributed by atoms with Gasteiger partial charge in [-0.1, -0.05) is 30.7 Å². The summed E-state index contributed by atoms with van der Waals surface area (Å²) in [7, 11) is 1.33. The maximum Gasteiger partial charge on any atom is 0.323 e. The number of halogens is 1. The molecule has 0 aromatic heterocycles. The maximum atomic E-state index is 11.2. The lowest BCUT2D eigenvalue weighted by atomic mass is 9.94. The molecule has 4 heteroatoms. The van der Waals surface area contributed by atoms with Gasteiger partial charge in [0.1, 0.15) is 6.04 Å². The number of methoxy groups -OCH3 is 1. The lowest BCUT2D eigenvalue weighted by molar-refractivity contribution is -0.142. The van der Waals surface area contributed by atoms with E-state index in [0.717, 1.165) is 5.56 Å². The van der Waals surface area contributed by atoms with Crippen molar-refractivity contribution in [2.24, 2.45) is 5.73 Å². The molecular weight excluding hydrogens is 214 g/mol. The van der Waals surface area contributed by atoms with Gasteiger partial charge in [-0.2, -0.15) is 0 Å². The molecular formula is C11H14ClNO2. The quantitative estimate of drug-likeness (QED) is 0.803. The van der Waals surface area contributed by atoms with E-state index in [4.69, 9.17) is 17.3 Å². The average molecular weight is 228 g/mol. The van der Waals surface area contributed by atoms with Gasteiger partial charge >= 0.3 is 5.97 Å². The molecule has 0 amide bonds. The van der Waals surface area contributed by atoms with Gasteiger partial charge in [-0.3, -0.25) is 4.79 Å². The predicted octanol–water partition coefficient (Wildman–Crippen LogP) is 1.94. The van der Waals surface area contributed by atoms with Crippen LogP contribution in [0.1, 0.15) is 18.4 Å². The van der Waals surface area contributed by atoms with Gasteiger partial charge in [-0.05, 0) is 17.7 Å². The highest BCUT2D eigenvalue weighted by molar-refractivity contribution is 6.30. The first-order chi connectivity index (χ1) is 7.06. The Balaban J connectivity index is 2.84. The molecule has 0 aliphatic carbocycles. The van der Waals surface area contributed by atoms with Crippen LogP contribution in [0, 0.1) is 0 Å². The summed E-state index contributed by atoms with van der Waals surface area (Å²) in [4.78, 5) is 11.2. The molecule has 0 radical (unpaired) electrons. The van der Waals surface area contributed by atoms with Crippen LogP contribution in [-0.4, -0.2) is 19.1 Å². The summed E-state index contributed by atoms with van der Waals surface area (Å²) in [5.74, 6) is -0.529. The zero-order chi connectivity index (χ0) is 11.4. The Hall–Kier alpha value is -1.06. The van der Waals surface area contributed by atoms with Crippen molar-refractivity contribution in [1.29, 1.82) is 0 Å². The van der Waals surface area contributed by atoms with Crippen molar-refractivity contribution < 1.29 is 9.53 Å². The van der Waals surface area contributed by atoms with Crippen LogP contribution in [0.15, 0.2) is 24.3 Å². The van der Waals surface area contributed by atoms with Gasteiger partial charge in [0.05, 0.1) is 7.11 Å². The first-order valence-electron chi connectivity index (χ1n) is 4.65. The van der Waals surface area contributed by atoms with Crippen LogP contribution in [0.25, 0.3) is 0 Å². The highest BCUT2D eigenvalue weighted by Gasteiger charge is 2.22. The normalized spacial score (nSPS) is 14.4. The summed E-state index contributed by atoms with van der Waals surface area (Å²) >= 11 is 5.85.